The summed E-state index contributed by atoms with van der Waals surface area (Å²) in [4.78, 5) is 0. The van der Waals surface area contributed by atoms with Gasteiger partial charge in [-0.3, -0.25) is 0 Å². The number of anilines is 1. The van der Waals surface area contributed by atoms with Gasteiger partial charge in [0.1, 0.15) is 5.75 Å². The highest BCUT2D eigenvalue weighted by Crippen LogP contribution is 2.46. The number of benzene rings is 1. The molecule has 108 valence electrons. The Morgan fingerprint density at radius 1 is 1.20 bits per heavy atom. The average Bonchev–Trinajstić information content (AvgIpc) is 3.04. The third-order valence-corrected chi connectivity index (χ3v) is 5.87. The second-order valence-corrected chi connectivity index (χ2v) is 7.55. The summed E-state index contributed by atoms with van der Waals surface area (Å²) < 4.78 is 7.41. The first-order chi connectivity index (χ1) is 9.58. The number of halogens is 2. The molecule has 3 rings (SSSR count). The molecule has 0 spiro atoms. The Bertz CT molecular complexity index is 544. The molecule has 4 atom stereocenters. The lowest BCUT2D eigenvalue weighted by atomic mass is 9.87. The van der Waals surface area contributed by atoms with Crippen LogP contribution in [0.4, 0.5) is 5.69 Å². The molecule has 0 heterocycles. The number of hydrogen-bond acceptors (Lipinski definition) is 2. The van der Waals surface area contributed by atoms with Crippen LogP contribution in [0.3, 0.4) is 0 Å². The van der Waals surface area contributed by atoms with Crippen molar-refractivity contribution in [3.8, 4) is 5.75 Å². The van der Waals surface area contributed by atoms with Crippen molar-refractivity contribution in [2.45, 2.75) is 25.8 Å². The maximum Gasteiger partial charge on any atom is 0.135 e. The predicted octanol–water partition coefficient (Wildman–Crippen LogP) is 5.23. The van der Waals surface area contributed by atoms with E-state index in [4.69, 9.17) is 4.74 Å². The number of ether oxygens (including phenoxy) is 1. The molecular formula is C16H19Br2NO. The van der Waals surface area contributed by atoms with E-state index in [2.05, 4.69) is 56.3 Å². The fourth-order valence-corrected chi connectivity index (χ4v) is 4.82. The van der Waals surface area contributed by atoms with E-state index >= 15 is 0 Å². The fourth-order valence-electron chi connectivity index (χ4n) is 3.55. The molecule has 2 nitrogen and oxygen atoms in total. The average molecular weight is 401 g/mol. The minimum Gasteiger partial charge on any atom is -0.495 e. The lowest BCUT2D eigenvalue weighted by molar-refractivity contribution is 0.398. The summed E-state index contributed by atoms with van der Waals surface area (Å²) in [6.45, 7) is 2.29. The molecule has 1 aromatic carbocycles. The SMILES string of the molecule is COc1cc(NC(C)C2CC3C=CC2C3)c(Br)cc1Br. The van der Waals surface area contributed by atoms with Gasteiger partial charge in [0.15, 0.2) is 0 Å². The van der Waals surface area contributed by atoms with Crippen LogP contribution in [-0.2, 0) is 0 Å². The van der Waals surface area contributed by atoms with Crippen LogP contribution < -0.4 is 10.1 Å². The molecule has 2 aliphatic carbocycles. The fraction of sp³-hybridized carbons (Fsp3) is 0.500. The maximum atomic E-state index is 5.38. The van der Waals surface area contributed by atoms with Crippen LogP contribution in [0.15, 0.2) is 33.2 Å². The molecule has 2 bridgehead atoms. The largest absolute Gasteiger partial charge is 0.495 e. The molecule has 0 aliphatic heterocycles. The van der Waals surface area contributed by atoms with Gasteiger partial charge >= 0.3 is 0 Å². The molecule has 0 radical (unpaired) electrons. The van der Waals surface area contributed by atoms with Gasteiger partial charge in [-0.1, -0.05) is 12.2 Å². The van der Waals surface area contributed by atoms with Crippen molar-refractivity contribution in [2.24, 2.45) is 17.8 Å². The lowest BCUT2D eigenvalue weighted by Crippen LogP contribution is -2.29. The van der Waals surface area contributed by atoms with E-state index in [1.54, 1.807) is 7.11 Å². The summed E-state index contributed by atoms with van der Waals surface area (Å²) in [5.74, 6) is 3.18. The smallest absolute Gasteiger partial charge is 0.135 e. The molecule has 4 heteroatoms. The van der Waals surface area contributed by atoms with Crippen molar-refractivity contribution >= 4 is 37.5 Å². The zero-order valence-electron chi connectivity index (χ0n) is 11.7. The van der Waals surface area contributed by atoms with E-state index in [9.17, 15) is 0 Å². The second-order valence-electron chi connectivity index (χ2n) is 5.84. The first-order valence-corrected chi connectivity index (χ1v) is 8.65. The van der Waals surface area contributed by atoms with E-state index in [1.807, 2.05) is 12.1 Å². The van der Waals surface area contributed by atoms with Crippen LogP contribution in [0.25, 0.3) is 0 Å². The summed E-state index contributed by atoms with van der Waals surface area (Å²) in [6, 6.07) is 4.56. The molecule has 2 aliphatic rings. The highest BCUT2D eigenvalue weighted by atomic mass is 79.9. The molecule has 20 heavy (non-hydrogen) atoms. The minimum absolute atomic E-state index is 0.470. The lowest BCUT2D eigenvalue weighted by Gasteiger charge is -2.27. The molecule has 4 unspecified atom stereocenters. The third-order valence-electron chi connectivity index (χ3n) is 4.60. The summed E-state index contributed by atoms with van der Waals surface area (Å²) in [6.07, 6.45) is 7.48. The number of hydrogen-bond donors (Lipinski definition) is 1. The third kappa shape index (κ3) is 2.64. The highest BCUT2D eigenvalue weighted by Gasteiger charge is 2.38. The summed E-state index contributed by atoms with van der Waals surface area (Å²) in [7, 11) is 1.70. The zero-order valence-corrected chi connectivity index (χ0v) is 14.9. The molecule has 1 saturated carbocycles. The van der Waals surface area contributed by atoms with Crippen molar-refractivity contribution in [1.29, 1.82) is 0 Å². The van der Waals surface area contributed by atoms with Crippen LogP contribution >= 0.6 is 31.9 Å². The Hall–Kier alpha value is -0.480. The number of nitrogens with one attached hydrogen (secondary N) is 1. The highest BCUT2D eigenvalue weighted by molar-refractivity contribution is 9.11. The van der Waals surface area contributed by atoms with Gasteiger partial charge in [-0.05, 0) is 75.4 Å². The van der Waals surface area contributed by atoms with Gasteiger partial charge in [0.25, 0.3) is 0 Å². The van der Waals surface area contributed by atoms with Crippen LogP contribution in [0.2, 0.25) is 0 Å². The van der Waals surface area contributed by atoms with Crippen molar-refractivity contribution in [3.05, 3.63) is 33.2 Å². The molecule has 1 aromatic rings. The molecule has 1 N–H and O–H groups in total. The maximum absolute atomic E-state index is 5.38. The summed E-state index contributed by atoms with van der Waals surface area (Å²) >= 11 is 7.14. The van der Waals surface area contributed by atoms with Gasteiger partial charge in [0, 0.05) is 16.6 Å². The Morgan fingerprint density at radius 3 is 2.60 bits per heavy atom. The monoisotopic (exact) mass is 399 g/mol. The van der Waals surface area contributed by atoms with Crippen molar-refractivity contribution in [2.75, 3.05) is 12.4 Å². The Balaban J connectivity index is 1.76. The van der Waals surface area contributed by atoms with Crippen molar-refractivity contribution in [3.63, 3.8) is 0 Å². The molecule has 0 aromatic heterocycles. The van der Waals surface area contributed by atoms with E-state index in [0.717, 1.165) is 38.1 Å². The Kier molecular flexibility index (Phi) is 4.14. The summed E-state index contributed by atoms with van der Waals surface area (Å²) in [5, 5.41) is 3.66. The van der Waals surface area contributed by atoms with Crippen LogP contribution in [0, 0.1) is 17.8 Å². The molecule has 1 fully saturated rings. The van der Waals surface area contributed by atoms with Gasteiger partial charge in [-0.2, -0.15) is 0 Å². The minimum atomic E-state index is 0.470. The van der Waals surface area contributed by atoms with E-state index in [1.165, 1.54) is 12.8 Å². The predicted molar refractivity (Wildman–Crippen MR) is 90.3 cm³/mol. The zero-order chi connectivity index (χ0) is 14.3. The molecule has 0 amide bonds. The second kappa shape index (κ2) is 5.72. The molecule has 0 saturated heterocycles. The normalized spacial score (nSPS) is 28.7. The quantitative estimate of drug-likeness (QED) is 0.698. The molecular weight excluding hydrogens is 382 g/mol. The standard InChI is InChI=1S/C16H19Br2NO/c1-9(12-6-10-3-4-11(12)5-10)19-15-8-16(20-2)14(18)7-13(15)17/h3-4,7-12,19H,5-6H2,1-2H3. The first kappa shape index (κ1) is 14.5. The number of fused-ring (bicyclic) bond motifs is 2. The van der Waals surface area contributed by atoms with E-state index in [0.29, 0.717) is 6.04 Å². The van der Waals surface area contributed by atoms with Crippen molar-refractivity contribution < 1.29 is 4.74 Å². The Morgan fingerprint density at radius 2 is 2.00 bits per heavy atom. The van der Waals surface area contributed by atoms with Crippen LogP contribution in [0.5, 0.6) is 5.75 Å². The van der Waals surface area contributed by atoms with Crippen molar-refractivity contribution in [1.82, 2.24) is 0 Å². The number of allylic oxidation sites excluding steroid dienone is 2. The van der Waals surface area contributed by atoms with E-state index in [-0.39, 0.29) is 0 Å². The number of methoxy groups -OCH3 is 1. The topological polar surface area (TPSA) is 21.3 Å². The van der Waals surface area contributed by atoms with Gasteiger partial charge in [0.05, 0.1) is 17.3 Å². The van der Waals surface area contributed by atoms with Gasteiger partial charge in [-0.15, -0.1) is 0 Å². The summed E-state index contributed by atoms with van der Waals surface area (Å²) in [5.41, 5.74) is 1.10. The Labute approximate surface area is 137 Å². The first-order valence-electron chi connectivity index (χ1n) is 7.06. The van der Waals surface area contributed by atoms with Crippen LogP contribution in [0.1, 0.15) is 19.8 Å². The van der Waals surface area contributed by atoms with E-state index < -0.39 is 0 Å². The van der Waals surface area contributed by atoms with Gasteiger partial charge in [0.2, 0.25) is 0 Å². The van der Waals surface area contributed by atoms with Gasteiger partial charge < -0.3 is 10.1 Å². The van der Waals surface area contributed by atoms with Crippen LogP contribution in [-0.4, -0.2) is 13.2 Å². The number of rotatable bonds is 4. The van der Waals surface area contributed by atoms with Gasteiger partial charge in [-0.25, -0.2) is 0 Å².